The van der Waals surface area contributed by atoms with Crippen molar-refractivity contribution in [3.05, 3.63) is 76.2 Å². The lowest BCUT2D eigenvalue weighted by Crippen LogP contribution is -2.24. The standard InChI is InChI=1S/C25H30N4O3S/c1-5-17(2)19-11-13-20(14-12-19)26-22(30)15-33-16-23(31)27-24-18(3)28(4)29(25(24)32)21-9-7-6-8-10-21/h6-14,17H,5,15-16H2,1-4H3,(H,26,30)(H,27,31). The SMILES string of the molecule is CCC(C)c1ccc(NC(=O)CSCC(=O)Nc2c(C)n(C)n(-c3ccccc3)c2=O)cc1. The number of nitrogens with one attached hydrogen (secondary N) is 2. The Bertz CT molecular complexity index is 1170. The predicted molar refractivity (Wildman–Crippen MR) is 135 cm³/mol. The Morgan fingerprint density at radius 2 is 1.58 bits per heavy atom. The summed E-state index contributed by atoms with van der Waals surface area (Å²) in [6.07, 6.45) is 1.06. The van der Waals surface area contributed by atoms with E-state index in [0.29, 0.717) is 11.6 Å². The lowest BCUT2D eigenvalue weighted by Gasteiger charge is -2.10. The Balaban J connectivity index is 1.53. The summed E-state index contributed by atoms with van der Waals surface area (Å²) in [6.45, 7) is 6.10. The van der Waals surface area contributed by atoms with E-state index in [4.69, 9.17) is 0 Å². The number of nitrogens with zero attached hydrogens (tertiary/aromatic N) is 2. The summed E-state index contributed by atoms with van der Waals surface area (Å²) in [5.74, 6) is 0.194. The largest absolute Gasteiger partial charge is 0.325 e. The molecule has 1 atom stereocenters. The Morgan fingerprint density at radius 1 is 0.970 bits per heavy atom. The molecule has 1 aromatic heterocycles. The Kier molecular flexibility index (Phi) is 8.16. The lowest BCUT2D eigenvalue weighted by atomic mass is 9.99. The molecule has 1 heterocycles. The molecule has 0 fully saturated rings. The molecule has 0 radical (unpaired) electrons. The highest BCUT2D eigenvalue weighted by Crippen LogP contribution is 2.20. The van der Waals surface area contributed by atoms with Crippen LogP contribution >= 0.6 is 11.8 Å². The van der Waals surface area contributed by atoms with Gasteiger partial charge in [0.05, 0.1) is 22.9 Å². The van der Waals surface area contributed by atoms with Crippen LogP contribution in [0.25, 0.3) is 5.69 Å². The van der Waals surface area contributed by atoms with Crippen LogP contribution in [0, 0.1) is 6.92 Å². The van der Waals surface area contributed by atoms with Crippen LogP contribution < -0.4 is 16.2 Å². The molecule has 0 aliphatic rings. The molecule has 0 aliphatic heterocycles. The summed E-state index contributed by atoms with van der Waals surface area (Å²) < 4.78 is 3.22. The molecule has 174 valence electrons. The van der Waals surface area contributed by atoms with Gasteiger partial charge < -0.3 is 10.6 Å². The molecule has 2 aromatic carbocycles. The van der Waals surface area contributed by atoms with Crippen molar-refractivity contribution in [3.8, 4) is 5.69 Å². The maximum atomic E-state index is 12.9. The zero-order valence-electron chi connectivity index (χ0n) is 19.4. The van der Waals surface area contributed by atoms with Crippen LogP contribution in [-0.2, 0) is 16.6 Å². The van der Waals surface area contributed by atoms with Crippen molar-refractivity contribution in [3.63, 3.8) is 0 Å². The molecule has 0 saturated carbocycles. The van der Waals surface area contributed by atoms with Crippen LogP contribution in [0.15, 0.2) is 59.4 Å². The summed E-state index contributed by atoms with van der Waals surface area (Å²) in [5.41, 5.74) is 3.30. The molecule has 0 saturated heterocycles. The van der Waals surface area contributed by atoms with Gasteiger partial charge in [-0.1, -0.05) is 44.2 Å². The minimum Gasteiger partial charge on any atom is -0.325 e. The van der Waals surface area contributed by atoms with Gasteiger partial charge >= 0.3 is 0 Å². The number of anilines is 2. The molecule has 0 spiro atoms. The molecule has 3 rings (SSSR count). The Hall–Kier alpha value is -3.26. The van der Waals surface area contributed by atoms with E-state index in [0.717, 1.165) is 17.8 Å². The fourth-order valence-corrected chi connectivity index (χ4v) is 4.07. The highest BCUT2D eigenvalue weighted by atomic mass is 32.2. The van der Waals surface area contributed by atoms with Crippen LogP contribution in [0.2, 0.25) is 0 Å². The number of hydrogen-bond acceptors (Lipinski definition) is 4. The summed E-state index contributed by atoms with van der Waals surface area (Å²) in [7, 11) is 1.77. The van der Waals surface area contributed by atoms with E-state index in [2.05, 4.69) is 24.5 Å². The van der Waals surface area contributed by atoms with Gasteiger partial charge in [0, 0.05) is 12.7 Å². The average Bonchev–Trinajstić information content (AvgIpc) is 3.02. The predicted octanol–water partition coefficient (Wildman–Crippen LogP) is 4.31. The first-order valence-electron chi connectivity index (χ1n) is 10.9. The molecular weight excluding hydrogens is 436 g/mol. The molecule has 0 bridgehead atoms. The van der Waals surface area contributed by atoms with Crippen LogP contribution in [0.5, 0.6) is 0 Å². The summed E-state index contributed by atoms with van der Waals surface area (Å²) in [5, 5.41) is 5.56. The van der Waals surface area contributed by atoms with Crippen LogP contribution in [0.4, 0.5) is 11.4 Å². The van der Waals surface area contributed by atoms with E-state index in [1.165, 1.54) is 22.0 Å². The third-order valence-corrected chi connectivity index (χ3v) is 6.59. The van der Waals surface area contributed by atoms with Crippen LogP contribution in [0.3, 0.4) is 0 Å². The number of thioether (sulfide) groups is 1. The minimum absolute atomic E-state index is 0.0689. The molecule has 7 nitrogen and oxygen atoms in total. The number of rotatable bonds is 9. The monoisotopic (exact) mass is 466 g/mol. The van der Waals surface area contributed by atoms with Crippen molar-refractivity contribution < 1.29 is 9.59 Å². The van der Waals surface area contributed by atoms with Gasteiger partial charge in [0.2, 0.25) is 11.8 Å². The van der Waals surface area contributed by atoms with Gasteiger partial charge in [-0.3, -0.25) is 19.1 Å². The van der Waals surface area contributed by atoms with E-state index < -0.39 is 0 Å². The molecule has 0 aliphatic carbocycles. The summed E-state index contributed by atoms with van der Waals surface area (Å²) in [4.78, 5) is 37.5. The molecular formula is C25H30N4O3S. The quantitative estimate of drug-likeness (QED) is 0.492. The normalized spacial score (nSPS) is 11.8. The van der Waals surface area contributed by atoms with Gasteiger partial charge in [-0.25, -0.2) is 4.68 Å². The fraction of sp³-hybridized carbons (Fsp3) is 0.320. The number of benzene rings is 2. The average molecular weight is 467 g/mol. The number of aromatic nitrogens is 2. The van der Waals surface area contributed by atoms with Gasteiger partial charge in [-0.2, -0.15) is 0 Å². The van der Waals surface area contributed by atoms with Crippen molar-refractivity contribution >= 4 is 35.0 Å². The van der Waals surface area contributed by atoms with Crippen LogP contribution in [0.1, 0.15) is 37.4 Å². The third-order valence-electron chi connectivity index (χ3n) is 5.66. The van der Waals surface area contributed by atoms with Gasteiger partial charge in [0.1, 0.15) is 5.69 Å². The zero-order valence-corrected chi connectivity index (χ0v) is 20.2. The highest BCUT2D eigenvalue weighted by molar-refractivity contribution is 8.00. The molecule has 33 heavy (non-hydrogen) atoms. The zero-order chi connectivity index (χ0) is 24.0. The first-order chi connectivity index (χ1) is 15.8. The Labute approximate surface area is 198 Å². The first-order valence-corrected chi connectivity index (χ1v) is 12.1. The number of hydrogen-bond donors (Lipinski definition) is 2. The lowest BCUT2D eigenvalue weighted by molar-refractivity contribution is -0.114. The maximum Gasteiger partial charge on any atom is 0.295 e. The number of carbonyl (C=O) groups is 2. The van der Waals surface area contributed by atoms with Crippen molar-refractivity contribution in [1.29, 1.82) is 0 Å². The second kappa shape index (κ2) is 11.0. The molecule has 1 unspecified atom stereocenters. The number of amides is 2. The van der Waals surface area contributed by atoms with Gasteiger partial charge in [-0.05, 0) is 49.1 Å². The van der Waals surface area contributed by atoms with Gasteiger partial charge in [-0.15, -0.1) is 11.8 Å². The fourth-order valence-electron chi connectivity index (χ4n) is 3.45. The number of para-hydroxylation sites is 1. The summed E-state index contributed by atoms with van der Waals surface area (Å²) in [6, 6.07) is 17.1. The maximum absolute atomic E-state index is 12.9. The van der Waals surface area contributed by atoms with Gasteiger partial charge in [0.25, 0.3) is 5.56 Å². The second-order valence-electron chi connectivity index (χ2n) is 7.96. The Morgan fingerprint density at radius 3 is 2.18 bits per heavy atom. The molecule has 8 heteroatoms. The van der Waals surface area contributed by atoms with E-state index in [1.54, 1.807) is 18.7 Å². The van der Waals surface area contributed by atoms with Crippen LogP contribution in [-0.4, -0.2) is 32.7 Å². The van der Waals surface area contributed by atoms with Gasteiger partial charge in [0.15, 0.2) is 0 Å². The highest BCUT2D eigenvalue weighted by Gasteiger charge is 2.18. The van der Waals surface area contributed by atoms with E-state index in [9.17, 15) is 14.4 Å². The molecule has 3 aromatic rings. The van der Waals surface area contributed by atoms with Crippen molar-refractivity contribution in [1.82, 2.24) is 9.36 Å². The minimum atomic E-state index is -0.322. The van der Waals surface area contributed by atoms with Crippen molar-refractivity contribution in [2.75, 3.05) is 22.1 Å². The topological polar surface area (TPSA) is 85.1 Å². The number of carbonyl (C=O) groups excluding carboxylic acids is 2. The summed E-state index contributed by atoms with van der Waals surface area (Å²) >= 11 is 1.20. The second-order valence-corrected chi connectivity index (χ2v) is 8.94. The van der Waals surface area contributed by atoms with E-state index in [1.807, 2.05) is 54.6 Å². The first kappa shape index (κ1) is 24.4. The van der Waals surface area contributed by atoms with E-state index >= 15 is 0 Å². The van der Waals surface area contributed by atoms with Crippen molar-refractivity contribution in [2.24, 2.45) is 7.05 Å². The third kappa shape index (κ3) is 5.96. The molecule has 2 amide bonds. The smallest absolute Gasteiger partial charge is 0.295 e. The van der Waals surface area contributed by atoms with Crippen molar-refractivity contribution in [2.45, 2.75) is 33.1 Å². The molecule has 2 N–H and O–H groups in total. The van der Waals surface area contributed by atoms with E-state index in [-0.39, 0.29) is 34.6 Å².